The first-order chi connectivity index (χ1) is 13.1. The summed E-state index contributed by atoms with van der Waals surface area (Å²) in [6.45, 7) is 2.43. The standard InChI is InChI=1S/C20H27N5O2/c1-2-27-19-9-5-8-18(25-19)24-17-12-13(10-11-14(17)20(22)26)23-16-7-4-3-6-15(16)21/h5,8-12,15-16,23H,2-4,6-7,21H2,1H3,(H2,22,26)(H,24,25)/t15-,16+/m0/s1. The predicted octanol–water partition coefficient (Wildman–Crippen LogP) is 3.00. The van der Waals surface area contributed by atoms with E-state index in [0.29, 0.717) is 29.6 Å². The summed E-state index contributed by atoms with van der Waals surface area (Å²) in [5.41, 5.74) is 13.7. The topological polar surface area (TPSA) is 115 Å². The maximum atomic E-state index is 11.8. The number of benzene rings is 1. The smallest absolute Gasteiger partial charge is 0.250 e. The van der Waals surface area contributed by atoms with Crippen molar-refractivity contribution in [2.45, 2.75) is 44.7 Å². The highest BCUT2D eigenvalue weighted by molar-refractivity contribution is 5.99. The minimum absolute atomic E-state index is 0.135. The van der Waals surface area contributed by atoms with E-state index in [-0.39, 0.29) is 12.1 Å². The molecule has 0 saturated heterocycles. The summed E-state index contributed by atoms with van der Waals surface area (Å²) in [5.74, 6) is 0.597. The molecule has 27 heavy (non-hydrogen) atoms. The van der Waals surface area contributed by atoms with Crippen molar-refractivity contribution in [2.75, 3.05) is 17.2 Å². The lowest BCUT2D eigenvalue weighted by Crippen LogP contribution is -2.42. The number of nitrogens with zero attached hydrogens (tertiary/aromatic N) is 1. The number of nitrogens with one attached hydrogen (secondary N) is 2. The second-order valence-corrected chi connectivity index (χ2v) is 6.74. The van der Waals surface area contributed by atoms with Gasteiger partial charge in [0.05, 0.1) is 17.9 Å². The molecule has 7 heteroatoms. The molecule has 1 heterocycles. The average Bonchev–Trinajstić information content (AvgIpc) is 2.64. The second kappa shape index (κ2) is 8.73. The van der Waals surface area contributed by atoms with Crippen LogP contribution in [0.1, 0.15) is 43.0 Å². The molecule has 144 valence electrons. The number of hydrogen-bond acceptors (Lipinski definition) is 6. The molecular weight excluding hydrogens is 342 g/mol. The summed E-state index contributed by atoms with van der Waals surface area (Å²) < 4.78 is 5.43. The van der Waals surface area contributed by atoms with Gasteiger partial charge in [-0.1, -0.05) is 18.9 Å². The molecule has 1 amide bonds. The molecule has 0 spiro atoms. The summed E-state index contributed by atoms with van der Waals surface area (Å²) in [4.78, 5) is 16.2. The van der Waals surface area contributed by atoms with Crippen molar-refractivity contribution in [3.63, 3.8) is 0 Å². The zero-order chi connectivity index (χ0) is 19.2. The van der Waals surface area contributed by atoms with Crippen LogP contribution in [0.3, 0.4) is 0 Å². The number of carbonyl (C=O) groups is 1. The fraction of sp³-hybridized carbons (Fsp3) is 0.400. The Labute approximate surface area is 159 Å². The van der Waals surface area contributed by atoms with Crippen molar-refractivity contribution < 1.29 is 9.53 Å². The van der Waals surface area contributed by atoms with Gasteiger partial charge in [-0.3, -0.25) is 4.79 Å². The molecule has 7 nitrogen and oxygen atoms in total. The molecule has 0 aliphatic heterocycles. The Kier molecular flexibility index (Phi) is 6.13. The van der Waals surface area contributed by atoms with Gasteiger partial charge in [0.2, 0.25) is 5.88 Å². The molecule has 6 N–H and O–H groups in total. The highest BCUT2D eigenvalue weighted by Gasteiger charge is 2.22. The maximum absolute atomic E-state index is 11.8. The van der Waals surface area contributed by atoms with Crippen LogP contribution in [0, 0.1) is 0 Å². The fourth-order valence-corrected chi connectivity index (χ4v) is 3.36. The number of anilines is 3. The minimum Gasteiger partial charge on any atom is -0.478 e. The Morgan fingerprint density at radius 2 is 2.07 bits per heavy atom. The zero-order valence-electron chi connectivity index (χ0n) is 15.6. The number of hydrogen-bond donors (Lipinski definition) is 4. The number of ether oxygens (including phenoxy) is 1. The summed E-state index contributed by atoms with van der Waals surface area (Å²) in [6.07, 6.45) is 4.41. The Hall–Kier alpha value is -2.80. The highest BCUT2D eigenvalue weighted by atomic mass is 16.5. The van der Waals surface area contributed by atoms with Gasteiger partial charge >= 0.3 is 0 Å². The van der Waals surface area contributed by atoms with Crippen LogP contribution in [-0.4, -0.2) is 29.6 Å². The molecule has 0 unspecified atom stereocenters. The third kappa shape index (κ3) is 4.89. The van der Waals surface area contributed by atoms with E-state index in [1.165, 1.54) is 12.8 Å². The molecular formula is C20H27N5O2. The highest BCUT2D eigenvalue weighted by Crippen LogP contribution is 2.27. The van der Waals surface area contributed by atoms with Gasteiger partial charge in [0.15, 0.2) is 0 Å². The zero-order valence-corrected chi connectivity index (χ0v) is 15.6. The largest absolute Gasteiger partial charge is 0.478 e. The van der Waals surface area contributed by atoms with Crippen molar-refractivity contribution in [2.24, 2.45) is 11.5 Å². The summed E-state index contributed by atoms with van der Waals surface area (Å²) in [7, 11) is 0. The van der Waals surface area contributed by atoms with Gasteiger partial charge in [0.25, 0.3) is 5.91 Å². The molecule has 1 fully saturated rings. The average molecular weight is 369 g/mol. The van der Waals surface area contributed by atoms with E-state index in [4.69, 9.17) is 16.2 Å². The molecule has 3 rings (SSSR count). The van der Waals surface area contributed by atoms with Crippen molar-refractivity contribution in [3.8, 4) is 5.88 Å². The van der Waals surface area contributed by atoms with Gasteiger partial charge in [-0.15, -0.1) is 0 Å². The van der Waals surface area contributed by atoms with Crippen LogP contribution in [0.4, 0.5) is 17.2 Å². The van der Waals surface area contributed by atoms with Gasteiger partial charge in [0.1, 0.15) is 5.82 Å². The molecule has 1 aliphatic carbocycles. The van der Waals surface area contributed by atoms with Gasteiger partial charge in [-0.25, -0.2) is 0 Å². The van der Waals surface area contributed by atoms with E-state index < -0.39 is 5.91 Å². The Morgan fingerprint density at radius 3 is 2.81 bits per heavy atom. The van der Waals surface area contributed by atoms with Gasteiger partial charge < -0.3 is 26.8 Å². The van der Waals surface area contributed by atoms with Crippen molar-refractivity contribution >= 4 is 23.1 Å². The van der Waals surface area contributed by atoms with E-state index >= 15 is 0 Å². The lowest BCUT2D eigenvalue weighted by molar-refractivity contribution is 0.100. The van der Waals surface area contributed by atoms with Crippen LogP contribution in [0.2, 0.25) is 0 Å². The van der Waals surface area contributed by atoms with E-state index in [1.54, 1.807) is 12.1 Å². The normalized spacial score (nSPS) is 19.3. The number of aromatic nitrogens is 1. The van der Waals surface area contributed by atoms with Crippen LogP contribution < -0.4 is 26.8 Å². The third-order valence-electron chi connectivity index (χ3n) is 4.74. The molecule has 1 aromatic carbocycles. The SMILES string of the molecule is CCOc1cccc(Nc2cc(N[C@@H]3CCCC[C@@H]3N)ccc2C(N)=O)n1. The monoisotopic (exact) mass is 369 g/mol. The Morgan fingerprint density at radius 1 is 1.26 bits per heavy atom. The number of primary amides is 1. The molecule has 0 radical (unpaired) electrons. The summed E-state index contributed by atoms with van der Waals surface area (Å²) >= 11 is 0. The number of rotatable bonds is 7. The molecule has 1 saturated carbocycles. The van der Waals surface area contributed by atoms with Crippen molar-refractivity contribution in [1.82, 2.24) is 4.98 Å². The number of carbonyl (C=O) groups excluding carboxylic acids is 1. The van der Waals surface area contributed by atoms with E-state index in [9.17, 15) is 4.79 Å². The van der Waals surface area contributed by atoms with E-state index in [2.05, 4.69) is 15.6 Å². The van der Waals surface area contributed by atoms with Crippen molar-refractivity contribution in [3.05, 3.63) is 42.0 Å². The summed E-state index contributed by atoms with van der Waals surface area (Å²) in [5, 5.41) is 6.67. The Bertz CT molecular complexity index is 796. The number of nitrogens with two attached hydrogens (primary N) is 2. The molecule has 2 atom stereocenters. The number of pyridine rings is 1. The molecule has 1 aliphatic rings. The lowest BCUT2D eigenvalue weighted by Gasteiger charge is -2.30. The van der Waals surface area contributed by atoms with E-state index in [1.807, 2.05) is 31.2 Å². The second-order valence-electron chi connectivity index (χ2n) is 6.74. The molecule has 2 aromatic rings. The fourth-order valence-electron chi connectivity index (χ4n) is 3.36. The van der Waals surface area contributed by atoms with Crippen LogP contribution in [0.25, 0.3) is 0 Å². The lowest BCUT2D eigenvalue weighted by atomic mass is 9.91. The first kappa shape index (κ1) is 19.0. The van der Waals surface area contributed by atoms with Crippen LogP contribution in [0.5, 0.6) is 5.88 Å². The third-order valence-corrected chi connectivity index (χ3v) is 4.74. The minimum atomic E-state index is -0.501. The molecule has 0 bridgehead atoms. The van der Waals surface area contributed by atoms with Crippen LogP contribution >= 0.6 is 0 Å². The van der Waals surface area contributed by atoms with Crippen molar-refractivity contribution in [1.29, 1.82) is 0 Å². The number of amides is 1. The van der Waals surface area contributed by atoms with Gasteiger partial charge in [0, 0.05) is 23.8 Å². The first-order valence-electron chi connectivity index (χ1n) is 9.39. The predicted molar refractivity (Wildman–Crippen MR) is 108 cm³/mol. The van der Waals surface area contributed by atoms with Gasteiger partial charge in [-0.2, -0.15) is 4.98 Å². The molecule has 1 aromatic heterocycles. The Balaban J connectivity index is 1.83. The van der Waals surface area contributed by atoms with Crippen LogP contribution in [-0.2, 0) is 0 Å². The maximum Gasteiger partial charge on any atom is 0.250 e. The first-order valence-corrected chi connectivity index (χ1v) is 9.39. The quantitative estimate of drug-likeness (QED) is 0.596. The summed E-state index contributed by atoms with van der Waals surface area (Å²) in [6, 6.07) is 11.2. The van der Waals surface area contributed by atoms with E-state index in [0.717, 1.165) is 18.5 Å². The van der Waals surface area contributed by atoms with Gasteiger partial charge in [-0.05, 0) is 44.0 Å². The van der Waals surface area contributed by atoms with Crippen LogP contribution in [0.15, 0.2) is 36.4 Å².